The normalized spacial score (nSPS) is 12.8. The second-order valence-corrected chi connectivity index (χ2v) is 3.64. The van der Waals surface area contributed by atoms with Gasteiger partial charge < -0.3 is 9.47 Å². The van der Waals surface area contributed by atoms with Crippen molar-refractivity contribution >= 4 is 11.6 Å². The van der Waals surface area contributed by atoms with Crippen LogP contribution in [-0.2, 0) is 21.4 Å². The van der Waals surface area contributed by atoms with Crippen molar-refractivity contribution in [1.29, 1.82) is 0 Å². The Morgan fingerprint density at radius 3 is 1.71 bits per heavy atom. The molecule has 0 spiro atoms. The summed E-state index contributed by atoms with van der Waals surface area (Å²) in [4.78, 5) is 0. The fourth-order valence-corrected chi connectivity index (χ4v) is 1.79. The van der Waals surface area contributed by atoms with E-state index in [9.17, 15) is 13.2 Å². The Morgan fingerprint density at radius 1 is 1.00 bits per heavy atom. The molecule has 0 aliphatic rings. The fraction of sp³-hybridized carbons (Fsp3) is 0.455. The number of hydrogen-bond acceptors (Lipinski definition) is 2. The van der Waals surface area contributed by atoms with Gasteiger partial charge in [0.2, 0.25) is 5.79 Å². The Balaban J connectivity index is 3.09. The molecule has 1 aromatic carbocycles. The molecule has 0 fully saturated rings. The summed E-state index contributed by atoms with van der Waals surface area (Å²) in [6.07, 6.45) is -4.36. The van der Waals surface area contributed by atoms with Crippen molar-refractivity contribution in [2.24, 2.45) is 0 Å². The molecular formula is C11H12ClF3O2. The predicted molar refractivity (Wildman–Crippen MR) is 57.9 cm³/mol. The lowest BCUT2D eigenvalue weighted by atomic mass is 10.0. The molecule has 0 saturated carbocycles. The van der Waals surface area contributed by atoms with Crippen molar-refractivity contribution in [1.82, 2.24) is 0 Å². The molecule has 0 atom stereocenters. The number of halogens is 4. The maximum absolute atomic E-state index is 12.4. The van der Waals surface area contributed by atoms with Crippen LogP contribution in [0.4, 0.5) is 13.2 Å². The van der Waals surface area contributed by atoms with E-state index in [1.807, 2.05) is 0 Å². The van der Waals surface area contributed by atoms with E-state index >= 15 is 0 Å². The van der Waals surface area contributed by atoms with E-state index < -0.39 is 17.5 Å². The quantitative estimate of drug-likeness (QED) is 0.616. The van der Waals surface area contributed by atoms with E-state index in [4.69, 9.17) is 21.1 Å². The Morgan fingerprint density at radius 2 is 1.41 bits per heavy atom. The third kappa shape index (κ3) is 2.91. The molecule has 0 amide bonds. The van der Waals surface area contributed by atoms with Gasteiger partial charge in [-0.15, -0.1) is 11.6 Å². The Labute approximate surface area is 102 Å². The van der Waals surface area contributed by atoms with Crippen molar-refractivity contribution in [3.05, 3.63) is 35.4 Å². The fourth-order valence-electron chi connectivity index (χ4n) is 1.42. The van der Waals surface area contributed by atoms with Crippen LogP contribution in [0.25, 0.3) is 0 Å². The van der Waals surface area contributed by atoms with E-state index in [0.717, 1.165) is 12.1 Å². The molecule has 2 nitrogen and oxygen atoms in total. The van der Waals surface area contributed by atoms with Crippen molar-refractivity contribution in [3.8, 4) is 0 Å². The summed E-state index contributed by atoms with van der Waals surface area (Å²) in [6, 6.07) is 4.51. The van der Waals surface area contributed by atoms with Crippen LogP contribution in [0.1, 0.15) is 11.1 Å². The molecule has 0 bridgehead atoms. The zero-order chi connectivity index (χ0) is 13.1. The van der Waals surface area contributed by atoms with Gasteiger partial charge in [-0.1, -0.05) is 12.1 Å². The summed E-state index contributed by atoms with van der Waals surface area (Å²) in [5.41, 5.74) is -0.289. The van der Waals surface area contributed by atoms with Gasteiger partial charge in [0.25, 0.3) is 0 Å². The number of benzene rings is 1. The van der Waals surface area contributed by atoms with Crippen LogP contribution in [0.3, 0.4) is 0 Å². The van der Waals surface area contributed by atoms with E-state index in [1.54, 1.807) is 0 Å². The summed E-state index contributed by atoms with van der Waals surface area (Å²) in [7, 11) is 2.76. The molecule has 1 rings (SSSR count). The standard InChI is InChI=1S/C11H12ClF3O2/c1-16-10(7-12,17-2)8-3-5-9(6-4-8)11(13,14)15/h3-6H,7H2,1-2H3. The lowest BCUT2D eigenvalue weighted by Crippen LogP contribution is -2.32. The Bertz CT molecular complexity index is 350. The van der Waals surface area contributed by atoms with Crippen molar-refractivity contribution in [2.75, 3.05) is 20.1 Å². The Hall–Kier alpha value is -0.780. The zero-order valence-electron chi connectivity index (χ0n) is 9.34. The van der Waals surface area contributed by atoms with E-state index in [1.165, 1.54) is 26.4 Å². The monoisotopic (exact) mass is 268 g/mol. The smallest absolute Gasteiger partial charge is 0.348 e. The highest BCUT2D eigenvalue weighted by Gasteiger charge is 2.34. The average Bonchev–Trinajstić information content (AvgIpc) is 2.32. The zero-order valence-corrected chi connectivity index (χ0v) is 10.1. The molecule has 0 saturated heterocycles. The summed E-state index contributed by atoms with van der Waals surface area (Å²) >= 11 is 5.72. The maximum Gasteiger partial charge on any atom is 0.416 e. The predicted octanol–water partition coefficient (Wildman–Crippen LogP) is 3.39. The van der Waals surface area contributed by atoms with Gasteiger partial charge in [-0.05, 0) is 12.1 Å². The Kier molecular flexibility index (Phi) is 4.41. The minimum absolute atomic E-state index is 0.0225. The van der Waals surface area contributed by atoms with Gasteiger partial charge >= 0.3 is 6.18 Å². The third-order valence-electron chi connectivity index (χ3n) is 2.49. The third-order valence-corrected chi connectivity index (χ3v) is 2.84. The lowest BCUT2D eigenvalue weighted by Gasteiger charge is -2.29. The maximum atomic E-state index is 12.4. The topological polar surface area (TPSA) is 18.5 Å². The van der Waals surface area contributed by atoms with Crippen LogP contribution in [0.5, 0.6) is 0 Å². The summed E-state index contributed by atoms with van der Waals surface area (Å²) < 4.78 is 47.3. The van der Waals surface area contributed by atoms with E-state index in [2.05, 4.69) is 0 Å². The second-order valence-electron chi connectivity index (χ2n) is 3.37. The first kappa shape index (κ1) is 14.3. The van der Waals surface area contributed by atoms with Crippen molar-refractivity contribution in [2.45, 2.75) is 12.0 Å². The van der Waals surface area contributed by atoms with Gasteiger partial charge in [0, 0.05) is 19.8 Å². The van der Waals surface area contributed by atoms with Gasteiger partial charge in [0.15, 0.2) is 0 Å². The van der Waals surface area contributed by atoms with Crippen LogP contribution in [0.15, 0.2) is 24.3 Å². The number of hydrogen-bond donors (Lipinski definition) is 0. The number of alkyl halides is 4. The first-order valence-electron chi connectivity index (χ1n) is 4.73. The molecule has 96 valence electrons. The molecule has 17 heavy (non-hydrogen) atoms. The summed E-state index contributed by atoms with van der Waals surface area (Å²) in [5.74, 6) is -1.24. The summed E-state index contributed by atoms with van der Waals surface area (Å²) in [6.45, 7) is 0. The lowest BCUT2D eigenvalue weighted by molar-refractivity contribution is -0.199. The molecule has 6 heteroatoms. The minimum atomic E-state index is -4.36. The van der Waals surface area contributed by atoms with Gasteiger partial charge in [-0.25, -0.2) is 0 Å². The second kappa shape index (κ2) is 5.25. The van der Waals surface area contributed by atoms with Crippen LogP contribution in [-0.4, -0.2) is 20.1 Å². The number of methoxy groups -OCH3 is 2. The molecule has 0 N–H and O–H groups in total. The van der Waals surface area contributed by atoms with Crippen LogP contribution in [0, 0.1) is 0 Å². The summed E-state index contributed by atoms with van der Waals surface area (Å²) in [5, 5.41) is 0. The molecule has 0 radical (unpaired) electrons. The highest BCUT2D eigenvalue weighted by atomic mass is 35.5. The van der Waals surface area contributed by atoms with Crippen LogP contribution >= 0.6 is 11.6 Å². The highest BCUT2D eigenvalue weighted by Crippen LogP contribution is 2.32. The number of rotatable bonds is 4. The van der Waals surface area contributed by atoms with Crippen molar-refractivity contribution in [3.63, 3.8) is 0 Å². The SMILES string of the molecule is COC(CCl)(OC)c1ccc(C(F)(F)F)cc1. The molecule has 0 unspecified atom stereocenters. The van der Waals surface area contributed by atoms with Gasteiger partial charge in [-0.3, -0.25) is 0 Å². The molecular weight excluding hydrogens is 257 g/mol. The number of ether oxygens (including phenoxy) is 2. The van der Waals surface area contributed by atoms with Gasteiger partial charge in [0.1, 0.15) is 0 Å². The van der Waals surface area contributed by atoms with Crippen molar-refractivity contribution < 1.29 is 22.6 Å². The molecule has 1 aromatic rings. The minimum Gasteiger partial charge on any atom is -0.348 e. The van der Waals surface area contributed by atoms with Crippen LogP contribution < -0.4 is 0 Å². The first-order valence-corrected chi connectivity index (χ1v) is 5.27. The highest BCUT2D eigenvalue weighted by molar-refractivity contribution is 6.18. The van der Waals surface area contributed by atoms with Gasteiger partial charge in [-0.2, -0.15) is 13.2 Å². The molecule has 0 aliphatic carbocycles. The van der Waals surface area contributed by atoms with Crippen LogP contribution in [0.2, 0.25) is 0 Å². The average molecular weight is 269 g/mol. The van der Waals surface area contributed by atoms with E-state index in [-0.39, 0.29) is 5.88 Å². The molecule has 0 heterocycles. The molecule has 0 aromatic heterocycles. The molecule has 0 aliphatic heterocycles. The largest absolute Gasteiger partial charge is 0.416 e. The first-order chi connectivity index (χ1) is 7.89. The van der Waals surface area contributed by atoms with E-state index in [0.29, 0.717) is 5.56 Å². The van der Waals surface area contributed by atoms with Gasteiger partial charge in [0.05, 0.1) is 11.4 Å².